The van der Waals surface area contributed by atoms with E-state index >= 15 is 0 Å². The van der Waals surface area contributed by atoms with Gasteiger partial charge in [-0.2, -0.15) is 5.10 Å². The number of carbonyl (C=O) groups excluding carboxylic acids is 1. The molecule has 2 aliphatic heterocycles. The van der Waals surface area contributed by atoms with Crippen LogP contribution in [0, 0.1) is 11.6 Å². The number of hydrogen-bond donors (Lipinski definition) is 2. The van der Waals surface area contributed by atoms with Gasteiger partial charge in [0.2, 0.25) is 0 Å². The first-order valence-electron chi connectivity index (χ1n) is 10.0. The van der Waals surface area contributed by atoms with Gasteiger partial charge >= 0.3 is 6.09 Å². The van der Waals surface area contributed by atoms with Crippen LogP contribution in [0.2, 0.25) is 0 Å². The highest BCUT2D eigenvalue weighted by Crippen LogP contribution is 2.35. The van der Waals surface area contributed by atoms with Gasteiger partial charge in [0.15, 0.2) is 0 Å². The second-order valence-electron chi connectivity index (χ2n) is 8.84. The SMILES string of the molecule is CC(C)(C)OC(=O)N[C@H]1C[C@@H](N2Cc3cn[nH]c3C2)CO[C@@H]1c1cc(F)ccc1F. The summed E-state index contributed by atoms with van der Waals surface area (Å²) >= 11 is 0. The number of carbonyl (C=O) groups is 1. The summed E-state index contributed by atoms with van der Waals surface area (Å²) in [7, 11) is 0. The first-order chi connectivity index (χ1) is 14.2. The second kappa shape index (κ2) is 7.96. The van der Waals surface area contributed by atoms with Crippen molar-refractivity contribution < 1.29 is 23.0 Å². The Kier molecular flexibility index (Phi) is 5.50. The van der Waals surface area contributed by atoms with E-state index in [0.29, 0.717) is 19.6 Å². The normalized spacial score (nSPS) is 24.5. The third-order valence-corrected chi connectivity index (χ3v) is 5.38. The molecule has 7 nitrogen and oxygen atoms in total. The van der Waals surface area contributed by atoms with E-state index in [1.807, 2.05) is 0 Å². The van der Waals surface area contributed by atoms with Gasteiger partial charge in [-0.3, -0.25) is 10.00 Å². The number of halogens is 2. The lowest BCUT2D eigenvalue weighted by Gasteiger charge is -2.40. The molecule has 1 saturated heterocycles. The van der Waals surface area contributed by atoms with Crippen LogP contribution in [-0.2, 0) is 22.6 Å². The number of alkyl carbamates (subject to hydrolysis) is 1. The Labute approximate surface area is 173 Å². The van der Waals surface area contributed by atoms with Crippen molar-refractivity contribution in [2.75, 3.05) is 6.61 Å². The number of ether oxygens (including phenoxy) is 2. The van der Waals surface area contributed by atoms with Crippen molar-refractivity contribution >= 4 is 6.09 Å². The van der Waals surface area contributed by atoms with Gasteiger partial charge in [-0.25, -0.2) is 13.6 Å². The molecule has 4 rings (SSSR count). The largest absolute Gasteiger partial charge is 0.444 e. The van der Waals surface area contributed by atoms with Gasteiger partial charge in [-0.15, -0.1) is 0 Å². The number of benzene rings is 1. The van der Waals surface area contributed by atoms with Crippen LogP contribution in [0.1, 0.15) is 50.1 Å². The van der Waals surface area contributed by atoms with Crippen molar-refractivity contribution in [3.05, 3.63) is 52.9 Å². The molecule has 30 heavy (non-hydrogen) atoms. The molecule has 2 aromatic rings. The zero-order valence-electron chi connectivity index (χ0n) is 17.2. The number of hydrogen-bond acceptors (Lipinski definition) is 5. The number of rotatable bonds is 3. The zero-order chi connectivity index (χ0) is 21.5. The fourth-order valence-corrected chi connectivity index (χ4v) is 4.05. The van der Waals surface area contributed by atoms with E-state index in [9.17, 15) is 13.6 Å². The van der Waals surface area contributed by atoms with Crippen LogP contribution in [0.15, 0.2) is 24.4 Å². The van der Waals surface area contributed by atoms with Crippen LogP contribution in [0.5, 0.6) is 0 Å². The molecular formula is C21H26F2N4O3. The molecule has 3 heterocycles. The fraction of sp³-hybridized carbons (Fsp3) is 0.524. The van der Waals surface area contributed by atoms with Gasteiger partial charge in [0, 0.05) is 30.3 Å². The maximum Gasteiger partial charge on any atom is 0.407 e. The first kappa shape index (κ1) is 20.7. The molecule has 9 heteroatoms. The van der Waals surface area contributed by atoms with Gasteiger partial charge in [0.05, 0.1) is 24.5 Å². The Morgan fingerprint density at radius 3 is 2.87 bits per heavy atom. The lowest BCUT2D eigenvalue weighted by Crippen LogP contribution is -2.52. The molecule has 0 aliphatic carbocycles. The minimum Gasteiger partial charge on any atom is -0.444 e. The van der Waals surface area contributed by atoms with Crippen molar-refractivity contribution in [2.45, 2.75) is 64.1 Å². The summed E-state index contributed by atoms with van der Waals surface area (Å²) < 4.78 is 39.6. The summed E-state index contributed by atoms with van der Waals surface area (Å²) in [5.41, 5.74) is 1.60. The van der Waals surface area contributed by atoms with Gasteiger partial charge in [0.25, 0.3) is 0 Å². The number of aromatic nitrogens is 2. The Hall–Kier alpha value is -2.52. The average Bonchev–Trinajstić information content (AvgIpc) is 3.24. The molecule has 1 aromatic heterocycles. The molecule has 1 amide bonds. The molecule has 0 spiro atoms. The fourth-order valence-electron chi connectivity index (χ4n) is 4.05. The molecule has 1 aromatic carbocycles. The van der Waals surface area contributed by atoms with E-state index in [1.165, 1.54) is 0 Å². The minimum absolute atomic E-state index is 0.00129. The standard InChI is InChI=1S/C21H26F2N4O3/c1-21(2,3)30-20(28)25-17-7-14(27-9-12-8-24-26-18(12)10-27)11-29-19(17)15-6-13(22)4-5-16(15)23/h4-6,8,14,17,19H,7,9-11H2,1-3H3,(H,24,26)(H,25,28)/t14-,17+,19-/m1/s1. The van der Waals surface area contributed by atoms with Crippen LogP contribution in [0.3, 0.4) is 0 Å². The summed E-state index contributed by atoms with van der Waals surface area (Å²) in [5, 5.41) is 9.86. The molecule has 3 atom stereocenters. The second-order valence-corrected chi connectivity index (χ2v) is 8.84. The smallest absolute Gasteiger partial charge is 0.407 e. The summed E-state index contributed by atoms with van der Waals surface area (Å²) in [6.07, 6.45) is 0.888. The Balaban J connectivity index is 1.53. The van der Waals surface area contributed by atoms with Gasteiger partial charge in [-0.1, -0.05) is 0 Å². The van der Waals surface area contributed by atoms with Crippen molar-refractivity contribution in [1.29, 1.82) is 0 Å². The average molecular weight is 420 g/mol. The van der Waals surface area contributed by atoms with Crippen molar-refractivity contribution in [3.63, 3.8) is 0 Å². The summed E-state index contributed by atoms with van der Waals surface area (Å²) in [4.78, 5) is 14.7. The lowest BCUT2D eigenvalue weighted by molar-refractivity contribution is -0.0628. The summed E-state index contributed by atoms with van der Waals surface area (Å²) in [5.74, 6) is -1.13. The van der Waals surface area contributed by atoms with Crippen molar-refractivity contribution in [3.8, 4) is 0 Å². The highest BCUT2D eigenvalue weighted by Gasteiger charge is 2.39. The van der Waals surface area contributed by atoms with Gasteiger partial charge in [-0.05, 0) is 45.4 Å². The topological polar surface area (TPSA) is 79.5 Å². The number of aromatic amines is 1. The molecular weight excluding hydrogens is 394 g/mol. The highest BCUT2D eigenvalue weighted by atomic mass is 19.1. The molecule has 0 bridgehead atoms. The number of nitrogens with zero attached hydrogens (tertiary/aromatic N) is 2. The van der Waals surface area contributed by atoms with E-state index in [0.717, 1.165) is 36.0 Å². The number of fused-ring (bicyclic) bond motifs is 1. The maximum absolute atomic E-state index is 14.5. The molecule has 2 N–H and O–H groups in total. The Bertz CT molecular complexity index is 907. The zero-order valence-corrected chi connectivity index (χ0v) is 17.2. The number of H-pyrrole nitrogens is 1. The molecule has 0 unspecified atom stereocenters. The van der Waals surface area contributed by atoms with Crippen LogP contribution < -0.4 is 5.32 Å². The number of nitrogens with one attached hydrogen (secondary N) is 2. The molecule has 162 valence electrons. The monoisotopic (exact) mass is 420 g/mol. The van der Waals surface area contributed by atoms with Crippen LogP contribution in [0.25, 0.3) is 0 Å². The summed E-state index contributed by atoms with van der Waals surface area (Å²) in [6, 6.07) is 2.68. The third kappa shape index (κ3) is 4.46. The quantitative estimate of drug-likeness (QED) is 0.796. The molecule has 0 radical (unpaired) electrons. The number of amides is 1. The summed E-state index contributed by atoms with van der Waals surface area (Å²) in [6.45, 7) is 7.05. The van der Waals surface area contributed by atoms with Crippen LogP contribution >= 0.6 is 0 Å². The van der Waals surface area contributed by atoms with Crippen LogP contribution in [-0.4, -0.2) is 45.5 Å². The maximum atomic E-state index is 14.5. The third-order valence-electron chi connectivity index (χ3n) is 5.38. The minimum atomic E-state index is -0.813. The molecule has 1 fully saturated rings. The van der Waals surface area contributed by atoms with E-state index < -0.39 is 35.5 Å². The first-order valence-corrected chi connectivity index (χ1v) is 10.0. The Morgan fingerprint density at radius 2 is 2.13 bits per heavy atom. The Morgan fingerprint density at radius 1 is 1.33 bits per heavy atom. The van der Waals surface area contributed by atoms with Crippen LogP contribution in [0.4, 0.5) is 13.6 Å². The highest BCUT2D eigenvalue weighted by molar-refractivity contribution is 5.68. The van der Waals surface area contributed by atoms with Crippen molar-refractivity contribution in [1.82, 2.24) is 20.4 Å². The van der Waals surface area contributed by atoms with E-state index in [-0.39, 0.29) is 11.6 Å². The predicted octanol–water partition coefficient (Wildman–Crippen LogP) is 3.43. The molecule has 2 aliphatic rings. The van der Waals surface area contributed by atoms with Gasteiger partial charge in [0.1, 0.15) is 23.3 Å². The molecule has 0 saturated carbocycles. The van der Waals surface area contributed by atoms with E-state index in [2.05, 4.69) is 20.4 Å². The predicted molar refractivity (Wildman–Crippen MR) is 104 cm³/mol. The lowest BCUT2D eigenvalue weighted by atomic mass is 9.92. The van der Waals surface area contributed by atoms with Crippen molar-refractivity contribution in [2.24, 2.45) is 0 Å². The van der Waals surface area contributed by atoms with E-state index in [1.54, 1.807) is 27.0 Å². The van der Waals surface area contributed by atoms with Gasteiger partial charge < -0.3 is 14.8 Å². The van der Waals surface area contributed by atoms with E-state index in [4.69, 9.17) is 9.47 Å².